The number of thiophene rings is 1. The summed E-state index contributed by atoms with van der Waals surface area (Å²) in [6.45, 7) is 2.13. The monoisotopic (exact) mass is 405 g/mol. The van der Waals surface area contributed by atoms with Crippen LogP contribution in [-0.4, -0.2) is 16.8 Å². The SMILES string of the molecule is CCc1cc(CC(NC)c2cc(Br)c(Br)s2)n(C)n1. The normalized spacial score (nSPS) is 12.9. The Morgan fingerprint density at radius 2 is 2.16 bits per heavy atom. The second-order valence-electron chi connectivity index (χ2n) is 4.42. The number of likely N-dealkylation sites (N-methyl/N-ethyl adjacent to an activating group) is 1. The molecule has 104 valence electrons. The Bertz CT molecular complexity index is 543. The molecule has 3 nitrogen and oxygen atoms in total. The molecule has 0 aliphatic heterocycles. The second-order valence-corrected chi connectivity index (χ2v) is 7.68. The molecule has 0 saturated heterocycles. The van der Waals surface area contributed by atoms with E-state index in [1.54, 1.807) is 11.3 Å². The largest absolute Gasteiger partial charge is 0.312 e. The molecule has 1 unspecified atom stereocenters. The molecule has 0 radical (unpaired) electrons. The molecule has 0 fully saturated rings. The first kappa shape index (κ1) is 15.2. The quantitative estimate of drug-likeness (QED) is 0.810. The average molecular weight is 407 g/mol. The summed E-state index contributed by atoms with van der Waals surface area (Å²) < 4.78 is 4.25. The van der Waals surface area contributed by atoms with Gasteiger partial charge < -0.3 is 5.32 Å². The van der Waals surface area contributed by atoms with Gasteiger partial charge in [0.2, 0.25) is 0 Å². The summed E-state index contributed by atoms with van der Waals surface area (Å²) in [5, 5.41) is 7.90. The highest BCUT2D eigenvalue weighted by Gasteiger charge is 2.17. The first-order valence-electron chi connectivity index (χ1n) is 6.19. The average Bonchev–Trinajstić information content (AvgIpc) is 2.90. The van der Waals surface area contributed by atoms with Crippen LogP contribution in [0.5, 0.6) is 0 Å². The van der Waals surface area contributed by atoms with Gasteiger partial charge >= 0.3 is 0 Å². The Kier molecular flexibility index (Phi) is 5.22. The maximum Gasteiger partial charge on any atom is 0.0843 e. The molecule has 0 aliphatic rings. The molecule has 2 aromatic rings. The summed E-state index contributed by atoms with van der Waals surface area (Å²) in [4.78, 5) is 1.32. The summed E-state index contributed by atoms with van der Waals surface area (Å²) in [5.74, 6) is 0. The fraction of sp³-hybridized carbons (Fsp3) is 0.462. The second kappa shape index (κ2) is 6.52. The van der Waals surface area contributed by atoms with E-state index in [-0.39, 0.29) is 0 Å². The van der Waals surface area contributed by atoms with Crippen LogP contribution in [0.3, 0.4) is 0 Å². The number of nitrogens with one attached hydrogen (secondary N) is 1. The third-order valence-electron chi connectivity index (χ3n) is 3.16. The smallest absolute Gasteiger partial charge is 0.0843 e. The van der Waals surface area contributed by atoms with Gasteiger partial charge in [0.25, 0.3) is 0 Å². The van der Waals surface area contributed by atoms with Gasteiger partial charge in [0.05, 0.1) is 9.48 Å². The van der Waals surface area contributed by atoms with Crippen LogP contribution in [0.2, 0.25) is 0 Å². The molecule has 2 aromatic heterocycles. The van der Waals surface area contributed by atoms with E-state index in [4.69, 9.17) is 0 Å². The number of rotatable bonds is 5. The Hall–Kier alpha value is -0.170. The van der Waals surface area contributed by atoms with Crippen molar-refractivity contribution in [1.82, 2.24) is 15.1 Å². The Morgan fingerprint density at radius 1 is 1.42 bits per heavy atom. The van der Waals surface area contributed by atoms with Crippen LogP contribution in [0.1, 0.15) is 29.2 Å². The van der Waals surface area contributed by atoms with Crippen molar-refractivity contribution in [3.63, 3.8) is 0 Å². The van der Waals surface area contributed by atoms with Crippen LogP contribution in [0.15, 0.2) is 20.4 Å². The predicted octanol–water partition coefficient (Wildman–Crippen LogP) is 4.07. The number of hydrogen-bond donors (Lipinski definition) is 1. The Balaban J connectivity index is 2.21. The molecule has 19 heavy (non-hydrogen) atoms. The number of hydrogen-bond acceptors (Lipinski definition) is 3. The number of aromatic nitrogens is 2. The first-order valence-corrected chi connectivity index (χ1v) is 8.59. The third kappa shape index (κ3) is 3.48. The summed E-state index contributed by atoms with van der Waals surface area (Å²) >= 11 is 8.86. The van der Waals surface area contributed by atoms with E-state index >= 15 is 0 Å². The van der Waals surface area contributed by atoms with Gasteiger partial charge in [-0.2, -0.15) is 5.10 Å². The van der Waals surface area contributed by atoms with Gasteiger partial charge in [-0.15, -0.1) is 11.3 Å². The van der Waals surface area contributed by atoms with Crippen molar-refractivity contribution in [2.24, 2.45) is 7.05 Å². The van der Waals surface area contributed by atoms with E-state index < -0.39 is 0 Å². The molecule has 0 saturated carbocycles. The van der Waals surface area contributed by atoms with Gasteiger partial charge in [0.15, 0.2) is 0 Å². The summed E-state index contributed by atoms with van der Waals surface area (Å²) in [5.41, 5.74) is 2.41. The lowest BCUT2D eigenvalue weighted by atomic mass is 10.1. The van der Waals surface area contributed by atoms with Crippen LogP contribution in [0, 0.1) is 0 Å². The summed E-state index contributed by atoms with van der Waals surface area (Å²) in [7, 11) is 4.02. The fourth-order valence-corrected chi connectivity index (χ4v) is 4.22. The third-order valence-corrected chi connectivity index (χ3v) is 6.53. The zero-order chi connectivity index (χ0) is 14.0. The van der Waals surface area contributed by atoms with E-state index in [2.05, 4.69) is 61.3 Å². The van der Waals surface area contributed by atoms with E-state index in [0.717, 1.165) is 26.8 Å². The molecule has 1 N–H and O–H groups in total. The number of nitrogens with zero attached hydrogens (tertiary/aromatic N) is 2. The molecular weight excluding hydrogens is 390 g/mol. The molecule has 2 heterocycles. The lowest BCUT2D eigenvalue weighted by Crippen LogP contribution is -2.19. The van der Waals surface area contributed by atoms with Crippen molar-refractivity contribution < 1.29 is 0 Å². The van der Waals surface area contributed by atoms with Crippen molar-refractivity contribution >= 4 is 43.2 Å². The zero-order valence-corrected chi connectivity index (χ0v) is 15.2. The van der Waals surface area contributed by atoms with Crippen LogP contribution < -0.4 is 5.32 Å². The molecule has 0 bridgehead atoms. The minimum absolute atomic E-state index is 0.313. The highest BCUT2D eigenvalue weighted by molar-refractivity contribution is 9.13. The van der Waals surface area contributed by atoms with Crippen LogP contribution in [0.4, 0.5) is 0 Å². The van der Waals surface area contributed by atoms with Crippen LogP contribution in [0.25, 0.3) is 0 Å². The van der Waals surface area contributed by atoms with E-state index in [1.807, 2.05) is 18.8 Å². The van der Waals surface area contributed by atoms with Crippen molar-refractivity contribution in [2.75, 3.05) is 7.05 Å². The highest BCUT2D eigenvalue weighted by atomic mass is 79.9. The van der Waals surface area contributed by atoms with Crippen LogP contribution >= 0.6 is 43.2 Å². The van der Waals surface area contributed by atoms with E-state index in [1.165, 1.54) is 10.6 Å². The Labute approximate surface area is 134 Å². The number of halogens is 2. The van der Waals surface area contributed by atoms with Crippen molar-refractivity contribution in [2.45, 2.75) is 25.8 Å². The van der Waals surface area contributed by atoms with Crippen molar-refractivity contribution in [3.05, 3.63) is 36.7 Å². The predicted molar refractivity (Wildman–Crippen MR) is 87.8 cm³/mol. The molecule has 0 amide bonds. The molecule has 2 rings (SSSR count). The van der Waals surface area contributed by atoms with Crippen molar-refractivity contribution in [3.8, 4) is 0 Å². The van der Waals surface area contributed by atoms with Gasteiger partial charge in [-0.25, -0.2) is 0 Å². The van der Waals surface area contributed by atoms with Gasteiger partial charge in [-0.3, -0.25) is 4.68 Å². The Morgan fingerprint density at radius 3 is 2.63 bits per heavy atom. The maximum absolute atomic E-state index is 4.51. The van der Waals surface area contributed by atoms with Gasteiger partial charge in [-0.1, -0.05) is 6.92 Å². The van der Waals surface area contributed by atoms with Gasteiger partial charge in [0.1, 0.15) is 0 Å². The standard InChI is InChI=1S/C13H17Br2N3S/c1-4-8-5-9(18(3)17-8)6-11(16-2)12-7-10(14)13(15)19-12/h5,7,11,16H,4,6H2,1-3H3. The molecule has 0 spiro atoms. The molecule has 1 atom stereocenters. The zero-order valence-electron chi connectivity index (χ0n) is 11.2. The topological polar surface area (TPSA) is 29.9 Å². The van der Waals surface area contributed by atoms with E-state index in [0.29, 0.717) is 6.04 Å². The molecule has 0 aliphatic carbocycles. The minimum atomic E-state index is 0.313. The molecule has 0 aromatic carbocycles. The van der Waals surface area contributed by atoms with Crippen LogP contribution in [-0.2, 0) is 19.9 Å². The fourth-order valence-electron chi connectivity index (χ4n) is 2.02. The lowest BCUT2D eigenvalue weighted by Gasteiger charge is -2.14. The first-order chi connectivity index (χ1) is 9.05. The maximum atomic E-state index is 4.51. The van der Waals surface area contributed by atoms with Crippen molar-refractivity contribution in [1.29, 1.82) is 0 Å². The minimum Gasteiger partial charge on any atom is -0.312 e. The highest BCUT2D eigenvalue weighted by Crippen LogP contribution is 2.36. The summed E-state index contributed by atoms with van der Waals surface area (Å²) in [6.07, 6.45) is 1.92. The molecular formula is C13H17Br2N3S. The van der Waals surface area contributed by atoms with Gasteiger partial charge in [0, 0.05) is 34.6 Å². The summed E-state index contributed by atoms with van der Waals surface area (Å²) in [6, 6.07) is 4.68. The number of aryl methyl sites for hydroxylation is 2. The molecule has 6 heteroatoms. The van der Waals surface area contributed by atoms with E-state index in [9.17, 15) is 0 Å². The lowest BCUT2D eigenvalue weighted by molar-refractivity contribution is 0.568. The van der Waals surface area contributed by atoms with Gasteiger partial charge in [-0.05, 0) is 57.5 Å².